The minimum Gasteiger partial charge on any atom is -0.478 e. The predicted octanol–water partition coefficient (Wildman–Crippen LogP) is 0.541. The second kappa shape index (κ2) is 3.01. The van der Waals surface area contributed by atoms with Gasteiger partial charge in [-0.25, -0.2) is 4.79 Å². The van der Waals surface area contributed by atoms with Crippen LogP contribution in [0.1, 0.15) is 5.69 Å². The van der Waals surface area contributed by atoms with E-state index in [-0.39, 0.29) is 0 Å². The summed E-state index contributed by atoms with van der Waals surface area (Å²) in [5, 5.41) is 8.79. The predicted molar refractivity (Wildman–Crippen MR) is 46.1 cm³/mol. The third kappa shape index (κ3) is 1.45. The molecule has 0 bridgehead atoms. The van der Waals surface area contributed by atoms with Crippen molar-refractivity contribution in [2.45, 2.75) is 13.0 Å². The maximum atomic E-state index is 10.7. The average Bonchev–Trinajstić information content (AvgIpc) is 2.17. The molecule has 1 aromatic heterocycles. The van der Waals surface area contributed by atoms with Gasteiger partial charge in [0.05, 0.1) is 6.42 Å². The number of fused-ring (bicyclic) bond motifs is 1. The fourth-order valence-corrected chi connectivity index (χ4v) is 1.49. The zero-order valence-corrected chi connectivity index (χ0v) is 7.10. The third-order valence-corrected chi connectivity index (χ3v) is 2.22. The molecule has 0 radical (unpaired) electrons. The van der Waals surface area contributed by atoms with E-state index in [4.69, 9.17) is 5.11 Å². The molecular weight excluding hydrogens is 166 g/mol. The molecule has 0 fully saturated rings. The molecule has 1 aliphatic rings. The van der Waals surface area contributed by atoms with Crippen molar-refractivity contribution >= 4 is 5.97 Å². The summed E-state index contributed by atoms with van der Waals surface area (Å²) in [5.74, 6) is -0.810. The molecule has 0 saturated carbocycles. The first kappa shape index (κ1) is 7.98. The molecule has 1 aliphatic heterocycles. The van der Waals surface area contributed by atoms with Crippen LogP contribution in [-0.2, 0) is 17.8 Å². The van der Waals surface area contributed by atoms with Crippen molar-refractivity contribution in [3.05, 3.63) is 41.7 Å². The Balaban J connectivity index is 2.33. The van der Waals surface area contributed by atoms with Crippen LogP contribution in [0.3, 0.4) is 0 Å². The number of allylic oxidation sites excluding steroid dienone is 1. The first-order valence-electron chi connectivity index (χ1n) is 4.17. The fraction of sp³-hybridized carbons (Fsp3) is 0.200. The van der Waals surface area contributed by atoms with Crippen molar-refractivity contribution in [2.24, 2.45) is 0 Å². The first-order valence-corrected chi connectivity index (χ1v) is 4.17. The highest BCUT2D eigenvalue weighted by Crippen LogP contribution is 2.08. The highest BCUT2D eigenvalue weighted by molar-refractivity contribution is 5.86. The quantitative estimate of drug-likeness (QED) is 0.634. The molecule has 66 valence electrons. The van der Waals surface area contributed by atoms with Gasteiger partial charge < -0.3 is 5.11 Å². The van der Waals surface area contributed by atoms with Gasteiger partial charge >= 0.3 is 5.97 Å². The van der Waals surface area contributed by atoms with Gasteiger partial charge in [0.2, 0.25) is 0 Å². The Bertz CT molecular complexity index is 382. The van der Waals surface area contributed by atoms with Crippen molar-refractivity contribution in [3.63, 3.8) is 0 Å². The van der Waals surface area contributed by atoms with Gasteiger partial charge in [0, 0.05) is 17.7 Å². The average molecular weight is 176 g/mol. The maximum absolute atomic E-state index is 10.7. The number of hydrogen-bond donors (Lipinski definition) is 1. The number of carboxylic acids is 1. The molecule has 13 heavy (non-hydrogen) atoms. The van der Waals surface area contributed by atoms with E-state index in [1.54, 1.807) is 6.08 Å². The fourth-order valence-electron chi connectivity index (χ4n) is 1.49. The molecule has 1 aromatic rings. The number of rotatable bonds is 1. The van der Waals surface area contributed by atoms with Crippen LogP contribution < -0.4 is 4.57 Å². The Kier molecular flexibility index (Phi) is 1.85. The number of hydrogen-bond acceptors (Lipinski definition) is 1. The molecule has 3 heteroatoms. The summed E-state index contributed by atoms with van der Waals surface area (Å²) in [4.78, 5) is 10.7. The van der Waals surface area contributed by atoms with E-state index >= 15 is 0 Å². The highest BCUT2D eigenvalue weighted by atomic mass is 16.4. The van der Waals surface area contributed by atoms with E-state index in [0.29, 0.717) is 18.5 Å². The summed E-state index contributed by atoms with van der Waals surface area (Å²) in [6.07, 6.45) is 4.25. The second-order valence-corrected chi connectivity index (χ2v) is 3.06. The van der Waals surface area contributed by atoms with Gasteiger partial charge in [0.25, 0.3) is 0 Å². The van der Waals surface area contributed by atoms with Gasteiger partial charge in [0.1, 0.15) is 0 Å². The SMILES string of the molecule is O=C(O)C1=CC[n+]2ccccc2C1. The molecule has 0 spiro atoms. The van der Waals surface area contributed by atoms with Crippen molar-refractivity contribution < 1.29 is 14.5 Å². The zero-order valence-electron chi connectivity index (χ0n) is 7.10. The van der Waals surface area contributed by atoms with Crippen LogP contribution in [-0.4, -0.2) is 11.1 Å². The van der Waals surface area contributed by atoms with Gasteiger partial charge in [0.15, 0.2) is 18.4 Å². The van der Waals surface area contributed by atoms with Crippen LogP contribution in [0.5, 0.6) is 0 Å². The molecule has 0 unspecified atom stereocenters. The van der Waals surface area contributed by atoms with Gasteiger partial charge in [-0.1, -0.05) is 6.07 Å². The van der Waals surface area contributed by atoms with Crippen molar-refractivity contribution in [1.82, 2.24) is 0 Å². The molecule has 0 atom stereocenters. The number of aliphatic carboxylic acids is 1. The number of carboxylic acid groups (broad SMARTS) is 1. The van der Waals surface area contributed by atoms with Crippen LogP contribution in [0.25, 0.3) is 0 Å². The topological polar surface area (TPSA) is 41.2 Å². The Morgan fingerprint density at radius 2 is 2.31 bits per heavy atom. The number of nitrogens with zero attached hydrogens (tertiary/aromatic N) is 1. The summed E-state index contributed by atoms with van der Waals surface area (Å²) < 4.78 is 2.05. The summed E-state index contributed by atoms with van der Waals surface area (Å²) in [6.45, 7) is 0.664. The maximum Gasteiger partial charge on any atom is 0.332 e. The van der Waals surface area contributed by atoms with E-state index in [9.17, 15) is 4.79 Å². The Labute approximate surface area is 75.9 Å². The molecule has 0 amide bonds. The lowest BCUT2D eigenvalue weighted by atomic mass is 10.1. The second-order valence-electron chi connectivity index (χ2n) is 3.06. The van der Waals surface area contributed by atoms with Crippen LogP contribution in [0, 0.1) is 0 Å². The first-order chi connectivity index (χ1) is 6.27. The van der Waals surface area contributed by atoms with E-state index in [1.807, 2.05) is 29.0 Å². The van der Waals surface area contributed by atoms with Gasteiger partial charge in [-0.3, -0.25) is 0 Å². The summed E-state index contributed by atoms with van der Waals surface area (Å²) in [6, 6.07) is 5.83. The van der Waals surface area contributed by atoms with E-state index in [0.717, 1.165) is 5.69 Å². The molecule has 0 aromatic carbocycles. The number of pyridine rings is 1. The highest BCUT2D eigenvalue weighted by Gasteiger charge is 2.20. The van der Waals surface area contributed by atoms with E-state index in [1.165, 1.54) is 0 Å². The van der Waals surface area contributed by atoms with Crippen molar-refractivity contribution in [2.75, 3.05) is 0 Å². The molecule has 3 nitrogen and oxygen atoms in total. The van der Waals surface area contributed by atoms with Gasteiger partial charge in [-0.2, -0.15) is 4.57 Å². The van der Waals surface area contributed by atoms with Crippen LogP contribution in [0.4, 0.5) is 0 Å². The number of aromatic nitrogens is 1. The summed E-state index contributed by atoms with van der Waals surface area (Å²) >= 11 is 0. The normalized spacial score (nSPS) is 14.6. The van der Waals surface area contributed by atoms with Crippen LogP contribution in [0.15, 0.2) is 36.0 Å². The minimum absolute atomic E-state index is 0.492. The Morgan fingerprint density at radius 3 is 3.08 bits per heavy atom. The molecule has 2 heterocycles. The molecule has 1 N–H and O–H groups in total. The lowest BCUT2D eigenvalue weighted by Crippen LogP contribution is -2.40. The lowest BCUT2D eigenvalue weighted by molar-refractivity contribution is -0.695. The molecule has 2 rings (SSSR count). The zero-order chi connectivity index (χ0) is 9.26. The van der Waals surface area contributed by atoms with Gasteiger partial charge in [-0.15, -0.1) is 0 Å². The minimum atomic E-state index is -0.810. The molecular formula is C10H10NO2+. The standard InChI is InChI=1S/C10H9NO2/c12-10(13)8-4-6-11-5-2-1-3-9(11)7-8/h1-5H,6-7H2/p+1. The van der Waals surface area contributed by atoms with Crippen molar-refractivity contribution in [1.29, 1.82) is 0 Å². The van der Waals surface area contributed by atoms with E-state index in [2.05, 4.69) is 0 Å². The largest absolute Gasteiger partial charge is 0.478 e. The molecule has 0 saturated heterocycles. The van der Waals surface area contributed by atoms with E-state index < -0.39 is 5.97 Å². The monoisotopic (exact) mass is 176 g/mol. The van der Waals surface area contributed by atoms with Crippen LogP contribution in [0.2, 0.25) is 0 Å². The lowest BCUT2D eigenvalue weighted by Gasteiger charge is -2.07. The molecule has 0 aliphatic carbocycles. The summed E-state index contributed by atoms with van der Waals surface area (Å²) in [7, 11) is 0. The summed E-state index contributed by atoms with van der Waals surface area (Å²) in [5.41, 5.74) is 1.55. The number of carbonyl (C=O) groups is 1. The Morgan fingerprint density at radius 1 is 1.46 bits per heavy atom. The van der Waals surface area contributed by atoms with Crippen molar-refractivity contribution in [3.8, 4) is 0 Å². The third-order valence-electron chi connectivity index (χ3n) is 2.22. The Hall–Kier alpha value is -1.64. The smallest absolute Gasteiger partial charge is 0.332 e. The van der Waals surface area contributed by atoms with Gasteiger partial charge in [-0.05, 0) is 6.08 Å². The van der Waals surface area contributed by atoms with Crippen LogP contribution >= 0.6 is 0 Å².